The third-order valence-corrected chi connectivity index (χ3v) is 3.80. The molecule has 0 atom stereocenters. The number of nitrogens with zero attached hydrogens (tertiary/aromatic N) is 2. The van der Waals surface area contributed by atoms with Gasteiger partial charge in [-0.3, -0.25) is 0 Å². The Kier molecular flexibility index (Phi) is 4.16. The van der Waals surface area contributed by atoms with Crippen LogP contribution in [-0.2, 0) is 6.54 Å². The average Bonchev–Trinajstić information content (AvgIpc) is 2.44. The maximum atomic E-state index is 3.67. The number of fused-ring (bicyclic) bond motifs is 1. The number of hydrogen-bond acceptors (Lipinski definition) is 3. The summed E-state index contributed by atoms with van der Waals surface area (Å²) in [6, 6.07) is 6.64. The van der Waals surface area contributed by atoms with Crippen molar-refractivity contribution in [3.63, 3.8) is 0 Å². The van der Waals surface area contributed by atoms with Gasteiger partial charge in [-0.2, -0.15) is 0 Å². The second kappa shape index (κ2) is 5.51. The van der Waals surface area contributed by atoms with Gasteiger partial charge in [0.05, 0.1) is 0 Å². The first-order valence-electron chi connectivity index (χ1n) is 7.12. The van der Waals surface area contributed by atoms with E-state index in [9.17, 15) is 0 Å². The van der Waals surface area contributed by atoms with Crippen molar-refractivity contribution < 1.29 is 0 Å². The first-order chi connectivity index (χ1) is 8.89. The first kappa shape index (κ1) is 14.4. The van der Waals surface area contributed by atoms with Crippen LogP contribution >= 0.6 is 0 Å². The Bertz CT molecular complexity index is 438. The number of nitrogens with one attached hydrogen (secondary N) is 1. The van der Waals surface area contributed by atoms with E-state index < -0.39 is 0 Å². The Morgan fingerprint density at radius 2 is 2.05 bits per heavy atom. The molecule has 19 heavy (non-hydrogen) atoms. The largest absolute Gasteiger partial charge is 0.368 e. The number of benzene rings is 1. The lowest BCUT2D eigenvalue weighted by Crippen LogP contribution is -2.48. The van der Waals surface area contributed by atoms with Gasteiger partial charge in [0.2, 0.25) is 0 Å². The summed E-state index contributed by atoms with van der Waals surface area (Å²) >= 11 is 0. The minimum Gasteiger partial charge on any atom is -0.368 e. The molecule has 0 amide bonds. The van der Waals surface area contributed by atoms with Gasteiger partial charge in [-0.15, -0.1) is 0 Å². The Hall–Kier alpha value is -1.06. The fourth-order valence-electron chi connectivity index (χ4n) is 2.77. The first-order valence-corrected chi connectivity index (χ1v) is 7.12. The maximum Gasteiger partial charge on any atom is 0.0442 e. The molecule has 0 aromatic heterocycles. The van der Waals surface area contributed by atoms with E-state index >= 15 is 0 Å². The molecule has 1 aliphatic heterocycles. The van der Waals surface area contributed by atoms with Gasteiger partial charge in [-0.05, 0) is 46.0 Å². The zero-order valence-electron chi connectivity index (χ0n) is 13.0. The highest BCUT2D eigenvalue weighted by molar-refractivity contribution is 5.60. The van der Waals surface area contributed by atoms with E-state index in [4.69, 9.17) is 0 Å². The lowest BCUT2D eigenvalue weighted by Gasteiger charge is -2.33. The number of anilines is 1. The van der Waals surface area contributed by atoms with Gasteiger partial charge in [-0.25, -0.2) is 0 Å². The van der Waals surface area contributed by atoms with Crippen LogP contribution in [0, 0.1) is 6.92 Å². The van der Waals surface area contributed by atoms with E-state index in [-0.39, 0.29) is 5.54 Å². The quantitative estimate of drug-likeness (QED) is 0.900. The van der Waals surface area contributed by atoms with E-state index in [2.05, 4.69) is 68.2 Å². The average molecular weight is 261 g/mol. The second-order valence-electron chi connectivity index (χ2n) is 6.54. The molecular weight excluding hydrogens is 234 g/mol. The molecule has 0 fully saturated rings. The van der Waals surface area contributed by atoms with Gasteiger partial charge in [0.1, 0.15) is 0 Å². The second-order valence-corrected chi connectivity index (χ2v) is 6.54. The van der Waals surface area contributed by atoms with Crippen LogP contribution in [0.15, 0.2) is 18.2 Å². The molecule has 1 heterocycles. The van der Waals surface area contributed by atoms with Crippen molar-refractivity contribution in [2.45, 2.75) is 32.9 Å². The zero-order chi connectivity index (χ0) is 14.0. The molecule has 2 rings (SSSR count). The van der Waals surface area contributed by atoms with Crippen LogP contribution in [0.25, 0.3) is 0 Å². The highest BCUT2D eigenvalue weighted by atomic mass is 15.2. The van der Waals surface area contributed by atoms with E-state index in [0.29, 0.717) is 0 Å². The van der Waals surface area contributed by atoms with Gasteiger partial charge in [0, 0.05) is 37.4 Å². The fraction of sp³-hybridized carbons (Fsp3) is 0.625. The molecule has 1 N–H and O–H groups in total. The van der Waals surface area contributed by atoms with Crippen molar-refractivity contribution in [2.75, 3.05) is 38.6 Å². The Labute approximate surface area is 117 Å². The van der Waals surface area contributed by atoms with Gasteiger partial charge in [-0.1, -0.05) is 18.2 Å². The molecule has 0 saturated carbocycles. The standard InChI is InChI=1S/C16H27N3/c1-13-7-6-8-14-11-17-16(2,3)12-19(15(13)14)10-9-18(4)5/h6-8,17H,9-12H2,1-5H3. The van der Waals surface area contributed by atoms with Crippen molar-refractivity contribution in [1.29, 1.82) is 0 Å². The molecule has 1 aromatic rings. The molecule has 106 valence electrons. The molecule has 0 radical (unpaired) electrons. The van der Waals surface area contributed by atoms with Crippen molar-refractivity contribution in [2.24, 2.45) is 0 Å². The Morgan fingerprint density at radius 3 is 2.74 bits per heavy atom. The summed E-state index contributed by atoms with van der Waals surface area (Å²) in [6.45, 7) is 11.0. The van der Waals surface area contributed by atoms with Crippen molar-refractivity contribution in [3.8, 4) is 0 Å². The van der Waals surface area contributed by atoms with E-state index in [1.54, 1.807) is 0 Å². The third kappa shape index (κ3) is 3.48. The Balaban J connectivity index is 2.32. The summed E-state index contributed by atoms with van der Waals surface area (Å²) < 4.78 is 0. The van der Waals surface area contributed by atoms with Crippen LogP contribution in [0.2, 0.25) is 0 Å². The minimum absolute atomic E-state index is 0.151. The summed E-state index contributed by atoms with van der Waals surface area (Å²) in [5.74, 6) is 0. The summed E-state index contributed by atoms with van der Waals surface area (Å²) in [5, 5.41) is 3.67. The molecule has 0 aliphatic carbocycles. The summed E-state index contributed by atoms with van der Waals surface area (Å²) in [4.78, 5) is 4.80. The van der Waals surface area contributed by atoms with Crippen LogP contribution in [0.4, 0.5) is 5.69 Å². The van der Waals surface area contributed by atoms with E-state index in [1.807, 2.05) is 0 Å². The van der Waals surface area contributed by atoms with E-state index in [1.165, 1.54) is 16.8 Å². The van der Waals surface area contributed by atoms with Gasteiger partial charge < -0.3 is 15.1 Å². The summed E-state index contributed by atoms with van der Waals surface area (Å²) in [7, 11) is 4.28. The number of rotatable bonds is 3. The smallest absolute Gasteiger partial charge is 0.0442 e. The monoisotopic (exact) mass is 261 g/mol. The molecule has 1 aliphatic rings. The molecule has 0 unspecified atom stereocenters. The SMILES string of the molecule is Cc1cccc2c1N(CCN(C)C)CC(C)(C)NC2. The molecular formula is C16H27N3. The third-order valence-electron chi connectivity index (χ3n) is 3.80. The number of hydrogen-bond donors (Lipinski definition) is 1. The Morgan fingerprint density at radius 1 is 1.32 bits per heavy atom. The van der Waals surface area contributed by atoms with Gasteiger partial charge in [0.15, 0.2) is 0 Å². The summed E-state index contributed by atoms with van der Waals surface area (Å²) in [6.07, 6.45) is 0. The molecule has 0 saturated heterocycles. The maximum absolute atomic E-state index is 3.67. The molecule has 3 nitrogen and oxygen atoms in total. The van der Waals surface area contributed by atoms with Crippen molar-refractivity contribution >= 4 is 5.69 Å². The molecule has 1 aromatic carbocycles. The normalized spacial score (nSPS) is 18.3. The zero-order valence-corrected chi connectivity index (χ0v) is 13.0. The molecule has 0 bridgehead atoms. The fourth-order valence-corrected chi connectivity index (χ4v) is 2.77. The number of para-hydroxylation sites is 1. The predicted octanol–water partition coefficient (Wildman–Crippen LogP) is 2.24. The van der Waals surface area contributed by atoms with Crippen LogP contribution in [0.3, 0.4) is 0 Å². The number of likely N-dealkylation sites (N-methyl/N-ethyl adjacent to an activating group) is 1. The van der Waals surface area contributed by atoms with Crippen LogP contribution in [0.1, 0.15) is 25.0 Å². The highest BCUT2D eigenvalue weighted by Crippen LogP contribution is 2.29. The van der Waals surface area contributed by atoms with Gasteiger partial charge in [0.25, 0.3) is 0 Å². The minimum atomic E-state index is 0.151. The number of aryl methyl sites for hydroxylation is 1. The van der Waals surface area contributed by atoms with Crippen LogP contribution < -0.4 is 10.2 Å². The lowest BCUT2D eigenvalue weighted by molar-refractivity contribution is 0.375. The molecule has 3 heteroatoms. The lowest BCUT2D eigenvalue weighted by atomic mass is 10.1. The molecule has 0 spiro atoms. The van der Waals surface area contributed by atoms with Crippen LogP contribution in [-0.4, -0.2) is 44.2 Å². The summed E-state index contributed by atoms with van der Waals surface area (Å²) in [5.41, 5.74) is 4.39. The van der Waals surface area contributed by atoms with Crippen molar-refractivity contribution in [1.82, 2.24) is 10.2 Å². The van der Waals surface area contributed by atoms with Crippen molar-refractivity contribution in [3.05, 3.63) is 29.3 Å². The topological polar surface area (TPSA) is 18.5 Å². The predicted molar refractivity (Wildman–Crippen MR) is 82.9 cm³/mol. The van der Waals surface area contributed by atoms with Crippen LogP contribution in [0.5, 0.6) is 0 Å². The van der Waals surface area contributed by atoms with Gasteiger partial charge >= 0.3 is 0 Å². The van der Waals surface area contributed by atoms with E-state index in [0.717, 1.165) is 26.2 Å². The highest BCUT2D eigenvalue weighted by Gasteiger charge is 2.27.